The lowest BCUT2D eigenvalue weighted by molar-refractivity contribution is -0.138. The van der Waals surface area contributed by atoms with Gasteiger partial charge in [-0.15, -0.1) is 0 Å². The first-order valence-electron chi connectivity index (χ1n) is 6.15. The number of nitriles is 1. The van der Waals surface area contributed by atoms with Gasteiger partial charge in [-0.1, -0.05) is 0 Å². The number of benzene rings is 1. The van der Waals surface area contributed by atoms with Crippen LogP contribution in [0.15, 0.2) is 18.2 Å². The Hall–Kier alpha value is -2.62. The summed E-state index contributed by atoms with van der Waals surface area (Å²) < 4.78 is 13.2. The molecule has 1 aromatic carbocycles. The van der Waals surface area contributed by atoms with Crippen molar-refractivity contribution in [2.24, 2.45) is 0 Å². The van der Waals surface area contributed by atoms with E-state index in [1.54, 1.807) is 26.8 Å². The molecule has 0 saturated carbocycles. The minimum atomic E-state index is -1.14. The quantitative estimate of drug-likeness (QED) is 0.895. The van der Waals surface area contributed by atoms with Gasteiger partial charge in [0.2, 0.25) is 0 Å². The molecule has 112 valence electrons. The summed E-state index contributed by atoms with van der Waals surface area (Å²) in [5, 5.41) is 20.1. The van der Waals surface area contributed by atoms with Crippen LogP contribution in [-0.4, -0.2) is 34.1 Å². The SMILES string of the molecule is CC(C)(C)N(CC(=O)O)C(=O)Nc1ccc(F)c(C#N)c1. The molecular weight excluding hydrogens is 277 g/mol. The van der Waals surface area contributed by atoms with Crippen LogP contribution >= 0.6 is 0 Å². The van der Waals surface area contributed by atoms with Gasteiger partial charge < -0.3 is 15.3 Å². The number of halogens is 1. The highest BCUT2D eigenvalue weighted by Gasteiger charge is 2.28. The Labute approximate surface area is 121 Å². The summed E-state index contributed by atoms with van der Waals surface area (Å²) in [6, 6.07) is 4.58. The van der Waals surface area contributed by atoms with E-state index in [0.29, 0.717) is 0 Å². The molecule has 0 heterocycles. The molecule has 21 heavy (non-hydrogen) atoms. The molecule has 0 radical (unpaired) electrons. The fourth-order valence-electron chi connectivity index (χ4n) is 1.63. The lowest BCUT2D eigenvalue weighted by Gasteiger charge is -2.34. The summed E-state index contributed by atoms with van der Waals surface area (Å²) >= 11 is 0. The molecule has 0 bridgehead atoms. The second-order valence-electron chi connectivity index (χ2n) is 5.39. The van der Waals surface area contributed by atoms with Crippen molar-refractivity contribution in [1.29, 1.82) is 5.26 Å². The van der Waals surface area contributed by atoms with Gasteiger partial charge >= 0.3 is 12.0 Å². The van der Waals surface area contributed by atoms with E-state index in [1.165, 1.54) is 12.1 Å². The number of carboxylic acids is 1. The normalized spacial score (nSPS) is 10.6. The van der Waals surface area contributed by atoms with E-state index >= 15 is 0 Å². The molecular formula is C14H16FN3O3. The molecule has 6 nitrogen and oxygen atoms in total. The number of aliphatic carboxylic acids is 1. The van der Waals surface area contributed by atoms with E-state index in [2.05, 4.69) is 5.32 Å². The van der Waals surface area contributed by atoms with Crippen molar-refractivity contribution < 1.29 is 19.1 Å². The molecule has 0 atom stereocenters. The van der Waals surface area contributed by atoms with Crippen LogP contribution in [0.5, 0.6) is 0 Å². The van der Waals surface area contributed by atoms with E-state index in [-0.39, 0.29) is 11.3 Å². The van der Waals surface area contributed by atoms with Crippen molar-refractivity contribution in [3.63, 3.8) is 0 Å². The summed E-state index contributed by atoms with van der Waals surface area (Å²) in [6.45, 7) is 4.62. The van der Waals surface area contributed by atoms with Crippen LogP contribution in [0.1, 0.15) is 26.3 Å². The number of nitrogens with zero attached hydrogens (tertiary/aromatic N) is 2. The minimum Gasteiger partial charge on any atom is -0.480 e. The van der Waals surface area contributed by atoms with Crippen LogP contribution in [-0.2, 0) is 4.79 Å². The number of hydrogen-bond acceptors (Lipinski definition) is 3. The third-order valence-corrected chi connectivity index (χ3v) is 2.69. The van der Waals surface area contributed by atoms with Crippen LogP contribution in [0, 0.1) is 17.1 Å². The van der Waals surface area contributed by atoms with Crippen molar-refractivity contribution in [2.75, 3.05) is 11.9 Å². The Kier molecular flexibility index (Phi) is 4.87. The number of carbonyl (C=O) groups excluding carboxylic acids is 1. The van der Waals surface area contributed by atoms with Crippen molar-refractivity contribution >= 4 is 17.7 Å². The minimum absolute atomic E-state index is 0.201. The predicted octanol–water partition coefficient (Wildman–Crippen LogP) is 2.41. The van der Waals surface area contributed by atoms with E-state index in [1.807, 2.05) is 0 Å². The van der Waals surface area contributed by atoms with E-state index in [4.69, 9.17) is 10.4 Å². The highest BCUT2D eigenvalue weighted by Crippen LogP contribution is 2.18. The maximum atomic E-state index is 13.2. The second-order valence-corrected chi connectivity index (χ2v) is 5.39. The zero-order valence-electron chi connectivity index (χ0n) is 12.0. The van der Waals surface area contributed by atoms with Gasteiger partial charge in [-0.05, 0) is 39.0 Å². The highest BCUT2D eigenvalue weighted by molar-refractivity contribution is 5.92. The standard InChI is InChI=1S/C14H16FN3O3/c1-14(2,3)18(8-12(19)20)13(21)17-10-4-5-11(15)9(6-10)7-16/h4-6H,8H2,1-3H3,(H,17,21)(H,19,20). The predicted molar refractivity (Wildman–Crippen MR) is 74.2 cm³/mol. The molecule has 2 amide bonds. The summed E-state index contributed by atoms with van der Waals surface area (Å²) in [4.78, 5) is 24.1. The molecule has 0 aliphatic rings. The number of amides is 2. The van der Waals surface area contributed by atoms with Gasteiger partial charge in [0.05, 0.1) is 5.56 Å². The molecule has 0 aliphatic heterocycles. The fraction of sp³-hybridized carbons (Fsp3) is 0.357. The van der Waals surface area contributed by atoms with Crippen LogP contribution in [0.2, 0.25) is 0 Å². The lowest BCUT2D eigenvalue weighted by atomic mass is 10.1. The average molecular weight is 293 g/mol. The maximum absolute atomic E-state index is 13.2. The number of urea groups is 1. The Morgan fingerprint density at radius 2 is 2.05 bits per heavy atom. The zero-order valence-corrected chi connectivity index (χ0v) is 12.0. The first kappa shape index (κ1) is 16.4. The third-order valence-electron chi connectivity index (χ3n) is 2.69. The fourth-order valence-corrected chi connectivity index (χ4v) is 1.63. The monoisotopic (exact) mass is 293 g/mol. The van der Waals surface area contributed by atoms with Crippen molar-refractivity contribution in [1.82, 2.24) is 4.90 Å². The molecule has 0 fully saturated rings. The van der Waals surface area contributed by atoms with E-state index < -0.39 is 29.9 Å². The van der Waals surface area contributed by atoms with E-state index in [9.17, 15) is 14.0 Å². The van der Waals surface area contributed by atoms with Gasteiger partial charge in [-0.2, -0.15) is 5.26 Å². The van der Waals surface area contributed by atoms with E-state index in [0.717, 1.165) is 11.0 Å². The molecule has 0 unspecified atom stereocenters. The van der Waals surface area contributed by atoms with Crippen molar-refractivity contribution in [3.05, 3.63) is 29.6 Å². The van der Waals surface area contributed by atoms with Crippen molar-refractivity contribution in [2.45, 2.75) is 26.3 Å². The smallest absolute Gasteiger partial charge is 0.323 e. The molecule has 1 aromatic rings. The topological polar surface area (TPSA) is 93.4 Å². The number of carboxylic acid groups (broad SMARTS) is 1. The average Bonchev–Trinajstić information content (AvgIpc) is 2.36. The molecule has 0 saturated heterocycles. The molecule has 1 rings (SSSR count). The second kappa shape index (κ2) is 6.22. The Morgan fingerprint density at radius 3 is 2.52 bits per heavy atom. The first-order valence-corrected chi connectivity index (χ1v) is 6.15. The van der Waals surface area contributed by atoms with Gasteiger partial charge in [0.1, 0.15) is 18.4 Å². The summed E-state index contributed by atoms with van der Waals surface area (Å²) in [5.41, 5.74) is -0.688. The number of anilines is 1. The number of rotatable bonds is 3. The van der Waals surface area contributed by atoms with Gasteiger partial charge in [-0.25, -0.2) is 9.18 Å². The van der Waals surface area contributed by atoms with Crippen molar-refractivity contribution in [3.8, 4) is 6.07 Å². The lowest BCUT2D eigenvalue weighted by Crippen LogP contribution is -2.50. The van der Waals surface area contributed by atoms with Gasteiger partial charge in [0.25, 0.3) is 0 Å². The number of carbonyl (C=O) groups is 2. The molecule has 7 heteroatoms. The Morgan fingerprint density at radius 1 is 1.43 bits per heavy atom. The highest BCUT2D eigenvalue weighted by atomic mass is 19.1. The molecule has 0 aliphatic carbocycles. The maximum Gasteiger partial charge on any atom is 0.323 e. The summed E-state index contributed by atoms with van der Waals surface area (Å²) in [5.74, 6) is -1.83. The molecule has 0 spiro atoms. The van der Waals surface area contributed by atoms with Crippen LogP contribution in [0.4, 0.5) is 14.9 Å². The van der Waals surface area contributed by atoms with Gasteiger partial charge in [0, 0.05) is 11.2 Å². The van der Waals surface area contributed by atoms with Crippen LogP contribution in [0.3, 0.4) is 0 Å². The Bertz CT molecular complexity index is 602. The van der Waals surface area contributed by atoms with Crippen LogP contribution in [0.25, 0.3) is 0 Å². The summed E-state index contributed by atoms with van der Waals surface area (Å²) in [6.07, 6.45) is 0. The first-order chi connectivity index (χ1) is 9.65. The number of nitrogens with one attached hydrogen (secondary N) is 1. The zero-order chi connectivity index (χ0) is 16.2. The Balaban J connectivity index is 2.97. The number of hydrogen-bond donors (Lipinski definition) is 2. The van der Waals surface area contributed by atoms with Gasteiger partial charge in [-0.3, -0.25) is 4.79 Å². The molecule has 0 aromatic heterocycles. The van der Waals surface area contributed by atoms with Crippen LogP contribution < -0.4 is 5.32 Å². The summed E-state index contributed by atoms with van der Waals surface area (Å²) in [7, 11) is 0. The third kappa shape index (κ3) is 4.45. The molecule has 2 N–H and O–H groups in total. The largest absolute Gasteiger partial charge is 0.480 e. The van der Waals surface area contributed by atoms with Gasteiger partial charge in [0.15, 0.2) is 0 Å².